The minimum atomic E-state index is -0.667. The minimum absolute atomic E-state index is 0.0890. The molecule has 3 aromatic carbocycles. The summed E-state index contributed by atoms with van der Waals surface area (Å²) >= 11 is 12.2. The summed E-state index contributed by atoms with van der Waals surface area (Å²) in [5.74, 6) is -1.07. The third-order valence-corrected chi connectivity index (χ3v) is 5.96. The SMILES string of the molecule is CCCCOc1ccccc1NC(=O)c1cccc(NC2=C(Cl)C(=O)N(c3cccc(Cl)c3)C2=O)c1. The Balaban J connectivity index is 1.50. The molecule has 7 nitrogen and oxygen atoms in total. The maximum absolute atomic E-state index is 13.0. The third-order valence-electron chi connectivity index (χ3n) is 5.38. The molecule has 1 aliphatic heterocycles. The van der Waals surface area contributed by atoms with E-state index in [1.54, 1.807) is 54.6 Å². The monoisotopic (exact) mass is 523 g/mol. The molecule has 0 aromatic heterocycles. The van der Waals surface area contributed by atoms with Crippen LogP contribution in [-0.2, 0) is 9.59 Å². The van der Waals surface area contributed by atoms with Gasteiger partial charge in [0.2, 0.25) is 0 Å². The van der Waals surface area contributed by atoms with Crippen LogP contribution in [0.2, 0.25) is 5.02 Å². The summed E-state index contributed by atoms with van der Waals surface area (Å²) < 4.78 is 5.78. The number of benzene rings is 3. The number of amides is 3. The first-order valence-electron chi connectivity index (χ1n) is 11.3. The molecule has 1 aliphatic rings. The van der Waals surface area contributed by atoms with E-state index in [9.17, 15) is 14.4 Å². The van der Waals surface area contributed by atoms with Gasteiger partial charge in [0.1, 0.15) is 16.5 Å². The quantitative estimate of drug-likeness (QED) is 0.257. The summed E-state index contributed by atoms with van der Waals surface area (Å²) in [4.78, 5) is 39.6. The number of carbonyl (C=O) groups excluding carboxylic acids is 3. The van der Waals surface area contributed by atoms with Crippen molar-refractivity contribution in [2.45, 2.75) is 19.8 Å². The zero-order valence-electron chi connectivity index (χ0n) is 19.4. The lowest BCUT2D eigenvalue weighted by Crippen LogP contribution is -2.32. The molecule has 1 heterocycles. The number of halogens is 2. The van der Waals surface area contributed by atoms with Gasteiger partial charge in [-0.3, -0.25) is 14.4 Å². The van der Waals surface area contributed by atoms with E-state index in [1.807, 2.05) is 12.1 Å². The molecule has 0 saturated carbocycles. The molecule has 3 aromatic rings. The number of unbranched alkanes of at least 4 members (excludes halogenated alkanes) is 1. The number of rotatable bonds is 9. The Bertz CT molecular complexity index is 1360. The number of ether oxygens (including phenoxy) is 1. The topological polar surface area (TPSA) is 87.7 Å². The lowest BCUT2D eigenvalue weighted by molar-refractivity contribution is -0.120. The molecule has 4 rings (SSSR count). The van der Waals surface area contributed by atoms with Crippen molar-refractivity contribution in [3.63, 3.8) is 0 Å². The molecule has 9 heteroatoms. The fraction of sp³-hybridized carbons (Fsp3) is 0.148. The van der Waals surface area contributed by atoms with Gasteiger partial charge in [-0.25, -0.2) is 4.90 Å². The van der Waals surface area contributed by atoms with Crippen molar-refractivity contribution in [3.8, 4) is 5.75 Å². The number of hydrogen-bond acceptors (Lipinski definition) is 5. The molecule has 0 fully saturated rings. The Hall–Kier alpha value is -3.81. The van der Waals surface area contributed by atoms with Crippen LogP contribution in [0.5, 0.6) is 5.75 Å². The van der Waals surface area contributed by atoms with Crippen molar-refractivity contribution in [1.29, 1.82) is 0 Å². The first-order valence-corrected chi connectivity index (χ1v) is 12.1. The van der Waals surface area contributed by atoms with Crippen LogP contribution in [-0.4, -0.2) is 24.3 Å². The number of carbonyl (C=O) groups is 3. The van der Waals surface area contributed by atoms with Gasteiger partial charge in [-0.2, -0.15) is 0 Å². The first kappa shape index (κ1) is 25.3. The van der Waals surface area contributed by atoms with Crippen molar-refractivity contribution in [3.05, 3.63) is 94.1 Å². The molecular formula is C27H23Cl2N3O4. The predicted molar refractivity (Wildman–Crippen MR) is 142 cm³/mol. The highest BCUT2D eigenvalue weighted by atomic mass is 35.5. The summed E-state index contributed by atoms with van der Waals surface area (Å²) in [6.45, 7) is 2.63. The third kappa shape index (κ3) is 5.53. The van der Waals surface area contributed by atoms with Crippen LogP contribution < -0.4 is 20.3 Å². The smallest absolute Gasteiger partial charge is 0.283 e. The highest BCUT2D eigenvalue weighted by molar-refractivity contribution is 6.53. The molecule has 0 spiro atoms. The summed E-state index contributed by atoms with van der Waals surface area (Å²) in [5.41, 5.74) is 1.52. The van der Waals surface area contributed by atoms with E-state index in [0.29, 0.717) is 40.0 Å². The van der Waals surface area contributed by atoms with Crippen molar-refractivity contribution >= 4 is 58.0 Å². The normalized spacial score (nSPS) is 13.2. The van der Waals surface area contributed by atoms with Gasteiger partial charge in [0.25, 0.3) is 17.7 Å². The van der Waals surface area contributed by atoms with Crippen LogP contribution in [0.3, 0.4) is 0 Å². The Kier molecular flexibility index (Phi) is 7.93. The molecule has 0 aliphatic carbocycles. The Morgan fingerprint density at radius 2 is 1.72 bits per heavy atom. The van der Waals surface area contributed by atoms with Gasteiger partial charge >= 0.3 is 0 Å². The van der Waals surface area contributed by atoms with Gasteiger partial charge in [-0.05, 0) is 55.0 Å². The maximum Gasteiger partial charge on any atom is 0.283 e. The average molecular weight is 524 g/mol. The second-order valence-corrected chi connectivity index (χ2v) is 8.79. The molecule has 0 saturated heterocycles. The molecule has 36 heavy (non-hydrogen) atoms. The summed E-state index contributed by atoms with van der Waals surface area (Å²) in [7, 11) is 0. The predicted octanol–water partition coefficient (Wildman–Crippen LogP) is 6.21. The van der Waals surface area contributed by atoms with Gasteiger partial charge in [-0.1, -0.05) is 60.8 Å². The largest absolute Gasteiger partial charge is 0.491 e. The lowest BCUT2D eigenvalue weighted by atomic mass is 10.1. The van der Waals surface area contributed by atoms with Crippen LogP contribution >= 0.6 is 23.2 Å². The first-order chi connectivity index (χ1) is 17.4. The number of imide groups is 1. The molecular weight excluding hydrogens is 501 g/mol. The average Bonchev–Trinajstić information content (AvgIpc) is 3.08. The number of nitrogens with zero attached hydrogens (tertiary/aromatic N) is 1. The number of anilines is 3. The van der Waals surface area contributed by atoms with Gasteiger partial charge in [0, 0.05) is 16.3 Å². The van der Waals surface area contributed by atoms with E-state index in [1.165, 1.54) is 6.07 Å². The zero-order valence-corrected chi connectivity index (χ0v) is 20.9. The Morgan fingerprint density at radius 1 is 0.944 bits per heavy atom. The molecule has 0 unspecified atom stereocenters. The van der Waals surface area contributed by atoms with Gasteiger partial charge in [-0.15, -0.1) is 0 Å². The van der Waals surface area contributed by atoms with Gasteiger partial charge < -0.3 is 15.4 Å². The lowest BCUT2D eigenvalue weighted by Gasteiger charge is -2.15. The summed E-state index contributed by atoms with van der Waals surface area (Å²) in [6, 6.07) is 20.1. The van der Waals surface area contributed by atoms with E-state index in [4.69, 9.17) is 27.9 Å². The molecule has 0 bridgehead atoms. The van der Waals surface area contributed by atoms with E-state index in [0.717, 1.165) is 17.7 Å². The van der Waals surface area contributed by atoms with Crippen LogP contribution in [0, 0.1) is 0 Å². The van der Waals surface area contributed by atoms with Gasteiger partial charge in [0.15, 0.2) is 0 Å². The Morgan fingerprint density at radius 3 is 2.50 bits per heavy atom. The fourth-order valence-electron chi connectivity index (χ4n) is 3.56. The second kappa shape index (κ2) is 11.3. The minimum Gasteiger partial charge on any atom is -0.491 e. The Labute approximate surface area is 218 Å². The molecule has 0 atom stereocenters. The van der Waals surface area contributed by atoms with Crippen molar-refractivity contribution in [2.24, 2.45) is 0 Å². The molecule has 184 valence electrons. The molecule has 2 N–H and O–H groups in total. The highest BCUT2D eigenvalue weighted by Crippen LogP contribution is 2.31. The van der Waals surface area contributed by atoms with Crippen molar-refractivity contribution in [1.82, 2.24) is 0 Å². The summed E-state index contributed by atoms with van der Waals surface area (Å²) in [6.07, 6.45) is 1.91. The summed E-state index contributed by atoms with van der Waals surface area (Å²) in [5, 5.41) is 5.87. The standard InChI is InChI=1S/C27H23Cl2N3O4/c1-2-3-14-36-22-13-5-4-12-21(22)31-25(33)17-8-6-10-19(15-17)30-24-23(29)26(34)32(27(24)35)20-11-7-9-18(28)16-20/h4-13,15-16,30H,2-3,14H2,1H3,(H,31,33). The molecule has 3 amide bonds. The number of nitrogens with one attached hydrogen (secondary N) is 2. The van der Waals surface area contributed by atoms with Crippen molar-refractivity contribution < 1.29 is 19.1 Å². The van der Waals surface area contributed by atoms with Crippen LogP contribution in [0.4, 0.5) is 17.1 Å². The maximum atomic E-state index is 13.0. The number of para-hydroxylation sites is 2. The molecule has 0 radical (unpaired) electrons. The van der Waals surface area contributed by atoms with E-state index in [-0.39, 0.29) is 16.6 Å². The number of hydrogen-bond donors (Lipinski definition) is 2. The fourth-order valence-corrected chi connectivity index (χ4v) is 3.96. The van der Waals surface area contributed by atoms with E-state index >= 15 is 0 Å². The highest BCUT2D eigenvalue weighted by Gasteiger charge is 2.39. The van der Waals surface area contributed by atoms with Gasteiger partial charge in [0.05, 0.1) is 18.0 Å². The van der Waals surface area contributed by atoms with E-state index in [2.05, 4.69) is 17.6 Å². The zero-order chi connectivity index (χ0) is 25.7. The second-order valence-electron chi connectivity index (χ2n) is 7.97. The van der Waals surface area contributed by atoms with Crippen LogP contribution in [0.1, 0.15) is 30.1 Å². The van der Waals surface area contributed by atoms with Crippen molar-refractivity contribution in [2.75, 3.05) is 22.1 Å². The van der Waals surface area contributed by atoms with Crippen LogP contribution in [0.15, 0.2) is 83.5 Å². The van der Waals surface area contributed by atoms with E-state index < -0.39 is 11.8 Å². The van der Waals surface area contributed by atoms with Crippen LogP contribution in [0.25, 0.3) is 0 Å².